The quantitative estimate of drug-likeness (QED) is 0.215. The lowest BCUT2D eigenvalue weighted by molar-refractivity contribution is 1.09. The van der Waals surface area contributed by atoms with Gasteiger partial charge in [-0.1, -0.05) is 84.9 Å². The minimum Gasteiger partial charge on any atom is -0.310 e. The van der Waals surface area contributed by atoms with Gasteiger partial charge in [-0.2, -0.15) is 10.5 Å². The summed E-state index contributed by atoms with van der Waals surface area (Å²) in [5.74, 6) is 0. The highest BCUT2D eigenvalue weighted by molar-refractivity contribution is 5.89. The van der Waals surface area contributed by atoms with Crippen molar-refractivity contribution in [2.24, 2.45) is 0 Å². The van der Waals surface area contributed by atoms with Crippen molar-refractivity contribution in [3.05, 3.63) is 167 Å². The summed E-state index contributed by atoms with van der Waals surface area (Å²) in [5.41, 5.74) is 13.8. The van der Waals surface area contributed by atoms with Crippen molar-refractivity contribution in [3.63, 3.8) is 0 Å². The van der Waals surface area contributed by atoms with Gasteiger partial charge in [-0.3, -0.25) is 0 Å². The maximum Gasteiger partial charge on any atom is 0.0998 e. The van der Waals surface area contributed by atoms with Crippen LogP contribution < -0.4 is 9.80 Å². The molecule has 6 aromatic carbocycles. The molecule has 0 radical (unpaired) electrons. The number of fused-ring (bicyclic) bond motifs is 4. The number of nitrogens with zero attached hydrogens (tertiary/aromatic N) is 4. The molecule has 8 rings (SSSR count). The second-order valence-corrected chi connectivity index (χ2v) is 11.2. The van der Waals surface area contributed by atoms with Crippen LogP contribution in [0.4, 0.5) is 34.1 Å². The highest BCUT2D eigenvalue weighted by atomic mass is 15.2. The molecule has 0 saturated carbocycles. The Hall–Kier alpha value is -6.10. The van der Waals surface area contributed by atoms with E-state index in [-0.39, 0.29) is 0 Å². The zero-order valence-corrected chi connectivity index (χ0v) is 23.9. The molecule has 44 heavy (non-hydrogen) atoms. The van der Waals surface area contributed by atoms with Crippen LogP contribution in [-0.2, 0) is 12.8 Å². The second-order valence-electron chi connectivity index (χ2n) is 11.2. The van der Waals surface area contributed by atoms with E-state index in [0.717, 1.165) is 58.1 Å². The van der Waals surface area contributed by atoms with Crippen molar-refractivity contribution in [3.8, 4) is 23.3 Å². The minimum atomic E-state index is 0.529. The van der Waals surface area contributed by atoms with Crippen LogP contribution in [0, 0.1) is 22.7 Å². The van der Waals surface area contributed by atoms with Gasteiger partial charge >= 0.3 is 0 Å². The van der Waals surface area contributed by atoms with Crippen LogP contribution in [0.5, 0.6) is 0 Å². The largest absolute Gasteiger partial charge is 0.310 e. The highest BCUT2D eigenvalue weighted by Gasteiger charge is 2.26. The first kappa shape index (κ1) is 25.6. The Kier molecular flexibility index (Phi) is 6.00. The molecule has 0 atom stereocenters. The smallest absolute Gasteiger partial charge is 0.0998 e. The third kappa shape index (κ3) is 4.05. The highest BCUT2D eigenvalue weighted by Crippen LogP contribution is 2.46. The van der Waals surface area contributed by atoms with Gasteiger partial charge in [0.1, 0.15) is 0 Å². The molecule has 2 heterocycles. The molecule has 0 amide bonds. The topological polar surface area (TPSA) is 54.1 Å². The molecule has 0 spiro atoms. The molecule has 0 unspecified atom stereocenters. The van der Waals surface area contributed by atoms with Gasteiger partial charge < -0.3 is 9.80 Å². The van der Waals surface area contributed by atoms with E-state index in [2.05, 4.69) is 131 Å². The summed E-state index contributed by atoms with van der Waals surface area (Å²) >= 11 is 0. The maximum absolute atomic E-state index is 10.4. The Bertz CT molecular complexity index is 1930. The minimum absolute atomic E-state index is 0.529. The zero-order valence-electron chi connectivity index (χ0n) is 23.9. The van der Waals surface area contributed by atoms with Crippen LogP contribution in [0.25, 0.3) is 11.1 Å². The van der Waals surface area contributed by atoms with Crippen molar-refractivity contribution >= 4 is 34.1 Å². The first-order valence-electron chi connectivity index (χ1n) is 14.7. The second kappa shape index (κ2) is 10.3. The molecule has 2 aliphatic heterocycles. The van der Waals surface area contributed by atoms with Crippen molar-refractivity contribution in [2.75, 3.05) is 9.80 Å². The van der Waals surface area contributed by atoms with Crippen LogP contribution in [0.2, 0.25) is 0 Å². The van der Waals surface area contributed by atoms with Crippen LogP contribution in [-0.4, -0.2) is 0 Å². The molecule has 0 aromatic heterocycles. The monoisotopic (exact) mass is 562 g/mol. The van der Waals surface area contributed by atoms with Gasteiger partial charge in [0.15, 0.2) is 0 Å². The lowest BCUT2D eigenvalue weighted by Crippen LogP contribution is -2.18. The Morgan fingerprint density at radius 1 is 0.409 bits per heavy atom. The molecule has 0 fully saturated rings. The van der Waals surface area contributed by atoms with Crippen molar-refractivity contribution in [1.82, 2.24) is 0 Å². The van der Waals surface area contributed by atoms with Gasteiger partial charge in [0.2, 0.25) is 0 Å². The summed E-state index contributed by atoms with van der Waals surface area (Å²) in [4.78, 5) is 4.47. The predicted octanol–water partition coefficient (Wildman–Crippen LogP) is 9.84. The Morgan fingerprint density at radius 3 is 1.05 bits per heavy atom. The molecule has 6 aromatic rings. The van der Waals surface area contributed by atoms with Gasteiger partial charge in [-0.25, -0.2) is 0 Å². The molecule has 0 saturated heterocycles. The van der Waals surface area contributed by atoms with Gasteiger partial charge in [-0.15, -0.1) is 0 Å². The molecule has 0 bridgehead atoms. The summed E-state index contributed by atoms with van der Waals surface area (Å²) in [7, 11) is 0. The Morgan fingerprint density at radius 2 is 0.727 bits per heavy atom. The maximum atomic E-state index is 10.4. The molecule has 2 aliphatic rings. The number of hydrogen-bond donors (Lipinski definition) is 0. The molecule has 4 nitrogen and oxygen atoms in total. The average molecular weight is 563 g/mol. The number of para-hydroxylation sites is 4. The van der Waals surface area contributed by atoms with Gasteiger partial charge in [0, 0.05) is 58.1 Å². The first-order valence-corrected chi connectivity index (χ1v) is 14.7. The van der Waals surface area contributed by atoms with E-state index in [0.29, 0.717) is 11.1 Å². The average Bonchev–Trinajstić information content (AvgIpc) is 3.09. The van der Waals surface area contributed by atoms with E-state index in [1.807, 2.05) is 24.3 Å². The molecule has 0 N–H and O–H groups in total. The van der Waals surface area contributed by atoms with Gasteiger partial charge in [-0.05, 0) is 70.8 Å². The fourth-order valence-corrected chi connectivity index (χ4v) is 6.74. The first-order chi connectivity index (χ1) is 21.7. The van der Waals surface area contributed by atoms with E-state index in [9.17, 15) is 10.5 Å². The third-order valence-electron chi connectivity index (χ3n) is 8.75. The third-order valence-corrected chi connectivity index (χ3v) is 8.75. The van der Waals surface area contributed by atoms with Crippen LogP contribution in [0.1, 0.15) is 33.4 Å². The fourth-order valence-electron chi connectivity index (χ4n) is 6.74. The standard InChI is InChI=1S/C40H26N4/c41-25-31-23-33(43-37-13-5-1-9-27(37)21-28-10-2-6-14-38(28)43)17-19-35(31)36-20-18-34(24-32(36)26-42)44-39-15-7-3-11-29(39)22-30-12-4-8-16-40(30)44/h1-20,23-24H,21-22H2. The summed E-state index contributed by atoms with van der Waals surface area (Å²) in [5, 5.41) is 20.7. The summed E-state index contributed by atoms with van der Waals surface area (Å²) in [6.07, 6.45) is 1.74. The van der Waals surface area contributed by atoms with Gasteiger partial charge in [0.05, 0.1) is 23.3 Å². The van der Waals surface area contributed by atoms with Gasteiger partial charge in [0.25, 0.3) is 0 Å². The number of nitriles is 2. The molecule has 4 heteroatoms. The zero-order chi connectivity index (χ0) is 29.6. The molecule has 206 valence electrons. The molecular formula is C40H26N4. The van der Waals surface area contributed by atoms with E-state index in [1.54, 1.807) is 0 Å². The van der Waals surface area contributed by atoms with Crippen LogP contribution >= 0.6 is 0 Å². The molecule has 0 aliphatic carbocycles. The van der Waals surface area contributed by atoms with E-state index >= 15 is 0 Å². The molecular weight excluding hydrogens is 536 g/mol. The Balaban J connectivity index is 1.23. The van der Waals surface area contributed by atoms with Crippen molar-refractivity contribution in [1.29, 1.82) is 10.5 Å². The van der Waals surface area contributed by atoms with Crippen LogP contribution in [0.15, 0.2) is 133 Å². The van der Waals surface area contributed by atoms with E-state index < -0.39 is 0 Å². The van der Waals surface area contributed by atoms with Crippen molar-refractivity contribution < 1.29 is 0 Å². The lowest BCUT2D eigenvalue weighted by Gasteiger charge is -2.34. The van der Waals surface area contributed by atoms with Crippen LogP contribution in [0.3, 0.4) is 0 Å². The van der Waals surface area contributed by atoms with E-state index in [4.69, 9.17) is 0 Å². The van der Waals surface area contributed by atoms with Crippen molar-refractivity contribution in [2.45, 2.75) is 12.8 Å². The SMILES string of the molecule is N#Cc1cc(N2c3ccccc3Cc3ccccc32)ccc1-c1ccc(N2c3ccccc3Cc3ccccc32)cc1C#N. The number of benzene rings is 6. The number of rotatable bonds is 3. The number of hydrogen-bond acceptors (Lipinski definition) is 4. The lowest BCUT2D eigenvalue weighted by atomic mass is 9.92. The predicted molar refractivity (Wildman–Crippen MR) is 176 cm³/mol. The summed E-state index contributed by atoms with van der Waals surface area (Å²) in [6, 6.07) is 50.5. The normalized spacial score (nSPS) is 12.7. The fraction of sp³-hybridized carbons (Fsp3) is 0.0500. The summed E-state index contributed by atoms with van der Waals surface area (Å²) in [6.45, 7) is 0. The Labute approximate surface area is 256 Å². The number of anilines is 6. The summed E-state index contributed by atoms with van der Waals surface area (Å²) < 4.78 is 0. The van der Waals surface area contributed by atoms with E-state index in [1.165, 1.54) is 22.3 Å².